The molecule has 5 heteroatoms. The van der Waals surface area contributed by atoms with Crippen LogP contribution in [0.5, 0.6) is 0 Å². The second kappa shape index (κ2) is 9.90. The van der Waals surface area contributed by atoms with E-state index in [4.69, 9.17) is 0 Å². The first-order valence-corrected chi connectivity index (χ1v) is 10.5. The van der Waals surface area contributed by atoms with Gasteiger partial charge in [0, 0.05) is 35.8 Å². The summed E-state index contributed by atoms with van der Waals surface area (Å²) in [4.78, 5) is 15.9. The highest BCUT2D eigenvalue weighted by Crippen LogP contribution is 2.20. The van der Waals surface area contributed by atoms with Crippen molar-refractivity contribution < 1.29 is 9.18 Å². The summed E-state index contributed by atoms with van der Waals surface area (Å²) >= 11 is 1.75. The van der Waals surface area contributed by atoms with Gasteiger partial charge in [0.1, 0.15) is 5.82 Å². The molecule has 1 aliphatic heterocycles. The Labute approximate surface area is 165 Å². The summed E-state index contributed by atoms with van der Waals surface area (Å²) in [7, 11) is 0. The fourth-order valence-electron chi connectivity index (χ4n) is 3.40. The van der Waals surface area contributed by atoms with Crippen LogP contribution in [0.2, 0.25) is 0 Å². The highest BCUT2D eigenvalue weighted by molar-refractivity contribution is 7.99. The number of hydrogen-bond donors (Lipinski definition) is 1. The summed E-state index contributed by atoms with van der Waals surface area (Å²) in [6.07, 6.45) is 1.88. The number of likely N-dealkylation sites (tertiary alicyclic amines) is 1. The first-order chi connectivity index (χ1) is 13.1. The zero-order chi connectivity index (χ0) is 19.1. The number of carbonyl (C=O) groups is 1. The molecule has 1 atom stereocenters. The van der Waals surface area contributed by atoms with E-state index in [1.165, 1.54) is 16.5 Å². The second-order valence-corrected chi connectivity index (χ2v) is 8.29. The van der Waals surface area contributed by atoms with Crippen molar-refractivity contribution in [2.45, 2.75) is 31.2 Å². The molecule has 1 unspecified atom stereocenters. The lowest BCUT2D eigenvalue weighted by Crippen LogP contribution is -2.43. The highest BCUT2D eigenvalue weighted by atomic mass is 32.2. The van der Waals surface area contributed by atoms with Crippen molar-refractivity contribution in [2.24, 2.45) is 5.92 Å². The van der Waals surface area contributed by atoms with Crippen molar-refractivity contribution >= 4 is 17.7 Å². The summed E-state index contributed by atoms with van der Waals surface area (Å²) in [5, 5.41) is 3.07. The first kappa shape index (κ1) is 19.9. The van der Waals surface area contributed by atoms with Gasteiger partial charge in [0.2, 0.25) is 5.91 Å². The SMILES string of the molecule is Cc1ccc(SCCNC(=O)C2CCCN(Cc3ccccc3F)C2)cc1. The maximum atomic E-state index is 13.9. The Balaban J connectivity index is 1.41. The van der Waals surface area contributed by atoms with E-state index in [0.717, 1.165) is 25.1 Å². The minimum absolute atomic E-state index is 0.00472. The topological polar surface area (TPSA) is 32.3 Å². The number of piperidine rings is 1. The van der Waals surface area contributed by atoms with Gasteiger partial charge in [0.05, 0.1) is 5.92 Å². The lowest BCUT2D eigenvalue weighted by atomic mass is 9.96. The molecule has 0 aliphatic carbocycles. The summed E-state index contributed by atoms with van der Waals surface area (Å²) in [6, 6.07) is 15.3. The van der Waals surface area contributed by atoms with Crippen LogP contribution in [0.25, 0.3) is 0 Å². The Bertz CT molecular complexity index is 750. The van der Waals surface area contributed by atoms with E-state index in [9.17, 15) is 9.18 Å². The van der Waals surface area contributed by atoms with Gasteiger partial charge in [-0.2, -0.15) is 0 Å². The third-order valence-electron chi connectivity index (χ3n) is 4.92. The van der Waals surface area contributed by atoms with Crippen molar-refractivity contribution in [3.63, 3.8) is 0 Å². The third kappa shape index (κ3) is 6.08. The molecule has 27 heavy (non-hydrogen) atoms. The van der Waals surface area contributed by atoms with Gasteiger partial charge < -0.3 is 5.32 Å². The number of aryl methyl sites for hydroxylation is 1. The number of rotatable bonds is 7. The fraction of sp³-hybridized carbons (Fsp3) is 0.409. The lowest BCUT2D eigenvalue weighted by Gasteiger charge is -2.32. The zero-order valence-electron chi connectivity index (χ0n) is 15.8. The summed E-state index contributed by atoms with van der Waals surface area (Å²) in [6.45, 7) is 4.93. The van der Waals surface area contributed by atoms with Crippen LogP contribution in [0.4, 0.5) is 4.39 Å². The molecule has 1 aliphatic rings. The number of thioether (sulfide) groups is 1. The molecule has 1 saturated heterocycles. The number of nitrogens with zero attached hydrogens (tertiary/aromatic N) is 1. The van der Waals surface area contributed by atoms with E-state index in [1.54, 1.807) is 17.8 Å². The minimum atomic E-state index is -0.169. The summed E-state index contributed by atoms with van der Waals surface area (Å²) in [5.41, 5.74) is 1.96. The van der Waals surface area contributed by atoms with E-state index in [-0.39, 0.29) is 17.6 Å². The molecule has 1 N–H and O–H groups in total. The van der Waals surface area contributed by atoms with Crippen molar-refractivity contribution in [1.29, 1.82) is 0 Å². The molecule has 1 fully saturated rings. The molecule has 0 radical (unpaired) electrons. The van der Waals surface area contributed by atoms with Gasteiger partial charge in [-0.25, -0.2) is 4.39 Å². The van der Waals surface area contributed by atoms with Gasteiger partial charge in [0.25, 0.3) is 0 Å². The predicted octanol–water partition coefficient (Wildman–Crippen LogP) is 4.25. The molecule has 0 spiro atoms. The Hall–Kier alpha value is -1.85. The fourth-order valence-corrected chi connectivity index (χ4v) is 4.17. The number of benzene rings is 2. The van der Waals surface area contributed by atoms with Crippen molar-refractivity contribution in [3.05, 3.63) is 65.5 Å². The number of amides is 1. The zero-order valence-corrected chi connectivity index (χ0v) is 16.6. The van der Waals surface area contributed by atoms with Crippen molar-refractivity contribution in [2.75, 3.05) is 25.4 Å². The average molecular weight is 387 g/mol. The molecule has 0 bridgehead atoms. The maximum absolute atomic E-state index is 13.9. The van der Waals surface area contributed by atoms with Crippen LogP contribution < -0.4 is 5.32 Å². The smallest absolute Gasteiger partial charge is 0.224 e. The van der Waals surface area contributed by atoms with Gasteiger partial charge >= 0.3 is 0 Å². The van der Waals surface area contributed by atoms with Gasteiger partial charge in [-0.05, 0) is 44.5 Å². The van der Waals surface area contributed by atoms with Crippen LogP contribution in [0.15, 0.2) is 53.4 Å². The molecule has 2 aromatic rings. The van der Waals surface area contributed by atoms with Crippen molar-refractivity contribution in [1.82, 2.24) is 10.2 Å². The average Bonchev–Trinajstić information content (AvgIpc) is 2.68. The van der Waals surface area contributed by atoms with Gasteiger partial charge in [-0.3, -0.25) is 9.69 Å². The van der Waals surface area contributed by atoms with Crippen LogP contribution >= 0.6 is 11.8 Å². The normalized spacial score (nSPS) is 17.6. The standard InChI is InChI=1S/C22H27FN2OS/c1-17-8-10-20(11-9-17)27-14-12-24-22(26)19-6-4-13-25(16-19)15-18-5-2-3-7-21(18)23/h2-3,5,7-11,19H,4,6,12-16H2,1H3,(H,24,26). The van der Waals surface area contributed by atoms with Gasteiger partial charge in [0.15, 0.2) is 0 Å². The summed E-state index contributed by atoms with van der Waals surface area (Å²) < 4.78 is 13.9. The largest absolute Gasteiger partial charge is 0.355 e. The maximum Gasteiger partial charge on any atom is 0.224 e. The molecular formula is C22H27FN2OS. The quantitative estimate of drug-likeness (QED) is 0.570. The van der Waals surface area contributed by atoms with Crippen LogP contribution in [0.3, 0.4) is 0 Å². The first-order valence-electron chi connectivity index (χ1n) is 9.55. The summed E-state index contributed by atoms with van der Waals surface area (Å²) in [5.74, 6) is 0.810. The van der Waals surface area contributed by atoms with E-state index in [1.807, 2.05) is 12.1 Å². The Morgan fingerprint density at radius 1 is 1.22 bits per heavy atom. The van der Waals surface area contributed by atoms with E-state index >= 15 is 0 Å². The second-order valence-electron chi connectivity index (χ2n) is 7.12. The molecule has 144 valence electrons. The van der Waals surface area contributed by atoms with Crippen LogP contribution in [0, 0.1) is 18.7 Å². The van der Waals surface area contributed by atoms with Gasteiger partial charge in [-0.15, -0.1) is 11.8 Å². The molecule has 1 amide bonds. The number of nitrogens with one attached hydrogen (secondary N) is 1. The molecule has 3 nitrogen and oxygen atoms in total. The highest BCUT2D eigenvalue weighted by Gasteiger charge is 2.25. The Morgan fingerprint density at radius 2 is 2.00 bits per heavy atom. The molecule has 0 aromatic heterocycles. The number of halogens is 1. The Kier molecular flexibility index (Phi) is 7.30. The lowest BCUT2D eigenvalue weighted by molar-refractivity contribution is -0.126. The predicted molar refractivity (Wildman–Crippen MR) is 109 cm³/mol. The third-order valence-corrected chi connectivity index (χ3v) is 5.93. The molecule has 1 heterocycles. The van der Waals surface area contributed by atoms with E-state index < -0.39 is 0 Å². The molecular weight excluding hydrogens is 359 g/mol. The monoisotopic (exact) mass is 386 g/mol. The van der Waals surface area contributed by atoms with Crippen LogP contribution in [-0.4, -0.2) is 36.2 Å². The van der Waals surface area contributed by atoms with Crippen molar-refractivity contribution in [3.8, 4) is 0 Å². The minimum Gasteiger partial charge on any atom is -0.355 e. The van der Waals surface area contributed by atoms with E-state index in [0.29, 0.717) is 25.2 Å². The number of carbonyl (C=O) groups excluding carboxylic acids is 1. The van der Waals surface area contributed by atoms with Crippen LogP contribution in [-0.2, 0) is 11.3 Å². The van der Waals surface area contributed by atoms with Crippen LogP contribution in [0.1, 0.15) is 24.0 Å². The Morgan fingerprint density at radius 3 is 2.78 bits per heavy atom. The molecule has 3 rings (SSSR count). The van der Waals surface area contributed by atoms with Gasteiger partial charge in [-0.1, -0.05) is 35.9 Å². The van der Waals surface area contributed by atoms with E-state index in [2.05, 4.69) is 41.4 Å². The molecule has 0 saturated carbocycles. The molecule has 2 aromatic carbocycles. The number of hydrogen-bond acceptors (Lipinski definition) is 3.